The molecule has 1 fully saturated rings. The third-order valence-electron chi connectivity index (χ3n) is 2.34. The van der Waals surface area contributed by atoms with Gasteiger partial charge in [0.25, 0.3) is 10.1 Å². The van der Waals surface area contributed by atoms with Crippen LogP contribution >= 0.6 is 0 Å². The number of hydrogen-bond donors (Lipinski definition) is 1. The Labute approximate surface area is 85.5 Å². The smallest absolute Gasteiger partial charge is 0.282 e. The van der Waals surface area contributed by atoms with Gasteiger partial charge in [-0.3, -0.25) is 4.55 Å². The Bertz CT molecular complexity index is 506. The number of hydrogen-bond acceptors (Lipinski definition) is 2. The minimum atomic E-state index is -4.48. The van der Waals surface area contributed by atoms with E-state index in [1.807, 2.05) is 0 Å². The van der Waals surface area contributed by atoms with Crippen LogP contribution in [0, 0.1) is 11.6 Å². The molecule has 0 saturated heterocycles. The normalized spacial score (nSPS) is 16.7. The highest BCUT2D eigenvalue weighted by Gasteiger charge is 2.29. The van der Waals surface area contributed by atoms with Crippen LogP contribution in [0.4, 0.5) is 8.78 Å². The van der Waals surface area contributed by atoms with E-state index in [-0.39, 0.29) is 11.5 Å². The maximum absolute atomic E-state index is 13.2. The first-order valence-corrected chi connectivity index (χ1v) is 5.80. The molecule has 0 atom stereocenters. The lowest BCUT2D eigenvalue weighted by molar-refractivity contribution is 0.474. The molecule has 0 heterocycles. The van der Waals surface area contributed by atoms with Crippen LogP contribution in [0.1, 0.15) is 24.3 Å². The minimum absolute atomic E-state index is 0.0302. The summed E-state index contributed by atoms with van der Waals surface area (Å²) in [5, 5.41) is 0. The molecule has 0 aliphatic heterocycles. The Morgan fingerprint density at radius 3 is 2.33 bits per heavy atom. The van der Waals surface area contributed by atoms with Crippen molar-refractivity contribution in [3.05, 3.63) is 29.3 Å². The molecule has 1 aromatic carbocycles. The zero-order valence-corrected chi connectivity index (χ0v) is 8.39. The molecule has 2 rings (SSSR count). The van der Waals surface area contributed by atoms with E-state index in [2.05, 4.69) is 0 Å². The van der Waals surface area contributed by atoms with Gasteiger partial charge in [0.2, 0.25) is 0 Å². The Balaban J connectivity index is 2.60. The third kappa shape index (κ3) is 2.00. The summed E-state index contributed by atoms with van der Waals surface area (Å²) in [6.07, 6.45) is 1.43. The molecule has 0 radical (unpaired) electrons. The summed E-state index contributed by atoms with van der Waals surface area (Å²) in [4.78, 5) is -0.594. The second-order valence-corrected chi connectivity index (χ2v) is 4.98. The van der Waals surface area contributed by atoms with E-state index >= 15 is 0 Å². The first-order valence-electron chi connectivity index (χ1n) is 4.36. The lowest BCUT2D eigenvalue weighted by Gasteiger charge is -2.04. The summed E-state index contributed by atoms with van der Waals surface area (Å²) < 4.78 is 56.4. The molecule has 0 amide bonds. The standard InChI is InChI=1S/C9H8F2O3S/c10-8-4-6(15(12,13)14)3-7(9(8)11)5-1-2-5/h3-5H,1-2H2,(H,12,13,14). The van der Waals surface area contributed by atoms with Crippen molar-refractivity contribution >= 4 is 10.1 Å². The highest BCUT2D eigenvalue weighted by Crippen LogP contribution is 2.42. The number of halogens is 2. The molecule has 1 aliphatic carbocycles. The van der Waals surface area contributed by atoms with Gasteiger partial charge < -0.3 is 0 Å². The summed E-state index contributed by atoms with van der Waals surface area (Å²) >= 11 is 0. The molecule has 15 heavy (non-hydrogen) atoms. The molecule has 0 unspecified atom stereocenters. The fraction of sp³-hybridized carbons (Fsp3) is 0.333. The van der Waals surface area contributed by atoms with Gasteiger partial charge in [-0.15, -0.1) is 0 Å². The van der Waals surface area contributed by atoms with E-state index < -0.39 is 26.6 Å². The fourth-order valence-corrected chi connectivity index (χ4v) is 1.95. The van der Waals surface area contributed by atoms with Crippen LogP contribution in [-0.2, 0) is 10.1 Å². The van der Waals surface area contributed by atoms with Crippen molar-refractivity contribution in [2.45, 2.75) is 23.7 Å². The quantitative estimate of drug-likeness (QED) is 0.797. The minimum Gasteiger partial charge on any atom is -0.282 e. The lowest BCUT2D eigenvalue weighted by Crippen LogP contribution is -2.02. The zero-order chi connectivity index (χ0) is 11.2. The van der Waals surface area contributed by atoms with E-state index in [0.29, 0.717) is 18.9 Å². The lowest BCUT2D eigenvalue weighted by atomic mass is 10.1. The van der Waals surface area contributed by atoms with E-state index in [9.17, 15) is 17.2 Å². The first-order chi connectivity index (χ1) is 6.89. The van der Waals surface area contributed by atoms with Gasteiger partial charge in [0, 0.05) is 0 Å². The molecule has 1 aromatic rings. The summed E-state index contributed by atoms with van der Waals surface area (Å²) in [5.41, 5.74) is 0.0302. The van der Waals surface area contributed by atoms with Gasteiger partial charge in [0.05, 0.1) is 4.90 Å². The average molecular weight is 234 g/mol. The molecular weight excluding hydrogens is 226 g/mol. The van der Waals surface area contributed by atoms with Crippen molar-refractivity contribution in [2.75, 3.05) is 0 Å². The summed E-state index contributed by atoms with van der Waals surface area (Å²) in [6, 6.07) is 1.47. The Hall–Kier alpha value is -1.01. The van der Waals surface area contributed by atoms with Crippen LogP contribution in [0.25, 0.3) is 0 Å². The molecule has 0 spiro atoms. The van der Waals surface area contributed by atoms with Crippen molar-refractivity contribution < 1.29 is 21.8 Å². The highest BCUT2D eigenvalue weighted by atomic mass is 32.2. The molecule has 3 nitrogen and oxygen atoms in total. The zero-order valence-electron chi connectivity index (χ0n) is 7.57. The average Bonchev–Trinajstić information content (AvgIpc) is 2.90. The molecule has 0 aromatic heterocycles. The van der Waals surface area contributed by atoms with Crippen molar-refractivity contribution in [3.8, 4) is 0 Å². The van der Waals surface area contributed by atoms with E-state index in [1.165, 1.54) is 0 Å². The monoisotopic (exact) mass is 234 g/mol. The Morgan fingerprint density at radius 1 is 1.27 bits per heavy atom. The SMILES string of the molecule is O=S(=O)(O)c1cc(F)c(F)c(C2CC2)c1. The van der Waals surface area contributed by atoms with Gasteiger partial charge in [0.15, 0.2) is 11.6 Å². The van der Waals surface area contributed by atoms with Crippen molar-refractivity contribution in [2.24, 2.45) is 0 Å². The van der Waals surface area contributed by atoms with Gasteiger partial charge in [-0.1, -0.05) is 0 Å². The molecule has 0 bridgehead atoms. The Morgan fingerprint density at radius 2 is 1.87 bits per heavy atom. The van der Waals surface area contributed by atoms with Crippen molar-refractivity contribution in [3.63, 3.8) is 0 Å². The van der Waals surface area contributed by atoms with Crippen LogP contribution in [0.5, 0.6) is 0 Å². The van der Waals surface area contributed by atoms with Crippen LogP contribution in [0.2, 0.25) is 0 Å². The molecule has 1 N–H and O–H groups in total. The van der Waals surface area contributed by atoms with Gasteiger partial charge in [0.1, 0.15) is 0 Å². The Kier molecular flexibility index (Phi) is 2.27. The molecule has 6 heteroatoms. The van der Waals surface area contributed by atoms with E-state index in [4.69, 9.17) is 4.55 Å². The van der Waals surface area contributed by atoms with Crippen LogP contribution in [0.3, 0.4) is 0 Å². The number of benzene rings is 1. The second kappa shape index (κ2) is 3.24. The van der Waals surface area contributed by atoms with Crippen molar-refractivity contribution in [1.29, 1.82) is 0 Å². The van der Waals surface area contributed by atoms with E-state index in [1.54, 1.807) is 0 Å². The molecular formula is C9H8F2O3S. The van der Waals surface area contributed by atoms with Gasteiger partial charge in [-0.2, -0.15) is 8.42 Å². The molecule has 1 aliphatic rings. The molecule has 1 saturated carbocycles. The topological polar surface area (TPSA) is 54.4 Å². The maximum Gasteiger partial charge on any atom is 0.294 e. The first kappa shape index (κ1) is 10.5. The third-order valence-corrected chi connectivity index (χ3v) is 3.18. The van der Waals surface area contributed by atoms with Crippen LogP contribution < -0.4 is 0 Å². The maximum atomic E-state index is 13.2. The highest BCUT2D eigenvalue weighted by molar-refractivity contribution is 7.85. The van der Waals surface area contributed by atoms with Gasteiger partial charge >= 0.3 is 0 Å². The fourth-order valence-electron chi connectivity index (χ4n) is 1.42. The van der Waals surface area contributed by atoms with Crippen molar-refractivity contribution in [1.82, 2.24) is 0 Å². The predicted molar refractivity (Wildman–Crippen MR) is 48.1 cm³/mol. The van der Waals surface area contributed by atoms with Gasteiger partial charge in [-0.25, -0.2) is 8.78 Å². The summed E-state index contributed by atoms with van der Waals surface area (Å²) in [5.74, 6) is -2.39. The molecule has 82 valence electrons. The van der Waals surface area contributed by atoms with Crippen LogP contribution in [-0.4, -0.2) is 13.0 Å². The van der Waals surface area contributed by atoms with Gasteiger partial charge in [-0.05, 0) is 36.5 Å². The predicted octanol–water partition coefficient (Wildman–Crippen LogP) is 2.09. The summed E-state index contributed by atoms with van der Waals surface area (Å²) in [7, 11) is -4.48. The van der Waals surface area contributed by atoms with Crippen LogP contribution in [0.15, 0.2) is 17.0 Å². The second-order valence-electron chi connectivity index (χ2n) is 3.56. The van der Waals surface area contributed by atoms with E-state index in [0.717, 1.165) is 6.07 Å². The summed E-state index contributed by atoms with van der Waals surface area (Å²) in [6.45, 7) is 0. The number of rotatable bonds is 2. The largest absolute Gasteiger partial charge is 0.294 e.